The Morgan fingerprint density at radius 3 is 1.06 bits per heavy atom. The smallest absolute Gasteiger partial charge is 0.306 e. The van der Waals surface area contributed by atoms with Crippen LogP contribution in [0.15, 0.2) is 48.6 Å². The van der Waals surface area contributed by atoms with Crippen LogP contribution in [0.2, 0.25) is 0 Å². The minimum absolute atomic E-state index is 0.0850. The summed E-state index contributed by atoms with van der Waals surface area (Å²) in [4.78, 5) is 37.5. The molecule has 0 aromatic heterocycles. The summed E-state index contributed by atoms with van der Waals surface area (Å²) in [7, 11) is 0. The molecule has 0 aliphatic carbocycles. The lowest BCUT2D eigenvalue weighted by Gasteiger charge is -2.18. The zero-order valence-electron chi connectivity index (χ0n) is 35.5. The normalized spacial score (nSPS) is 12.4. The summed E-state index contributed by atoms with van der Waals surface area (Å²) in [5.41, 5.74) is 0. The molecule has 0 amide bonds. The molecule has 0 bridgehead atoms. The molecule has 0 spiro atoms. The molecule has 0 saturated carbocycles. The van der Waals surface area contributed by atoms with Crippen LogP contribution < -0.4 is 0 Å². The molecule has 0 unspecified atom stereocenters. The number of esters is 3. The monoisotopic (exact) mass is 757 g/mol. The Balaban J connectivity index is 4.28. The number of rotatable bonds is 40. The summed E-state index contributed by atoms with van der Waals surface area (Å²) in [6, 6.07) is 0. The van der Waals surface area contributed by atoms with Gasteiger partial charge < -0.3 is 14.2 Å². The molecule has 0 aromatic rings. The van der Waals surface area contributed by atoms with Crippen LogP contribution >= 0.6 is 0 Å². The summed E-state index contributed by atoms with van der Waals surface area (Å²) in [6.07, 6.45) is 49.6. The van der Waals surface area contributed by atoms with Crippen molar-refractivity contribution >= 4 is 17.9 Å². The van der Waals surface area contributed by atoms with Crippen molar-refractivity contribution in [2.24, 2.45) is 0 Å². The highest BCUT2D eigenvalue weighted by atomic mass is 16.6. The fraction of sp³-hybridized carbons (Fsp3) is 0.771. The van der Waals surface area contributed by atoms with Crippen LogP contribution in [-0.2, 0) is 28.6 Å². The second-order valence-electron chi connectivity index (χ2n) is 15.0. The van der Waals surface area contributed by atoms with Crippen molar-refractivity contribution in [1.82, 2.24) is 0 Å². The van der Waals surface area contributed by atoms with Gasteiger partial charge in [0.2, 0.25) is 0 Å². The minimum Gasteiger partial charge on any atom is -0.462 e. The summed E-state index contributed by atoms with van der Waals surface area (Å²) < 4.78 is 16.6. The molecule has 6 nitrogen and oxygen atoms in total. The van der Waals surface area contributed by atoms with Gasteiger partial charge in [0.05, 0.1) is 0 Å². The van der Waals surface area contributed by atoms with E-state index in [9.17, 15) is 14.4 Å². The van der Waals surface area contributed by atoms with E-state index in [4.69, 9.17) is 14.2 Å². The second-order valence-corrected chi connectivity index (χ2v) is 15.0. The van der Waals surface area contributed by atoms with E-state index in [1.807, 2.05) is 0 Å². The molecule has 0 aliphatic heterocycles. The van der Waals surface area contributed by atoms with Gasteiger partial charge in [-0.3, -0.25) is 14.4 Å². The van der Waals surface area contributed by atoms with Crippen LogP contribution in [0.5, 0.6) is 0 Å². The predicted octanol–water partition coefficient (Wildman–Crippen LogP) is 14.4. The molecular weight excluding hydrogens is 673 g/mol. The van der Waals surface area contributed by atoms with Crippen LogP contribution in [0.25, 0.3) is 0 Å². The van der Waals surface area contributed by atoms with Gasteiger partial charge in [-0.25, -0.2) is 0 Å². The van der Waals surface area contributed by atoms with Crippen molar-refractivity contribution in [2.45, 2.75) is 226 Å². The van der Waals surface area contributed by atoms with Crippen molar-refractivity contribution in [3.8, 4) is 0 Å². The minimum atomic E-state index is -0.778. The molecular formula is C48H84O6. The predicted molar refractivity (Wildman–Crippen MR) is 229 cm³/mol. The topological polar surface area (TPSA) is 78.9 Å². The van der Waals surface area contributed by atoms with E-state index >= 15 is 0 Å². The van der Waals surface area contributed by atoms with Gasteiger partial charge in [0.15, 0.2) is 6.10 Å². The fourth-order valence-electron chi connectivity index (χ4n) is 6.09. The summed E-state index contributed by atoms with van der Waals surface area (Å²) in [5, 5.41) is 0. The van der Waals surface area contributed by atoms with Gasteiger partial charge >= 0.3 is 17.9 Å². The van der Waals surface area contributed by atoms with Crippen molar-refractivity contribution in [3.63, 3.8) is 0 Å². The molecule has 0 aliphatic rings. The Bertz CT molecular complexity index is 902. The first kappa shape index (κ1) is 51.4. The van der Waals surface area contributed by atoms with E-state index < -0.39 is 6.10 Å². The molecule has 0 radical (unpaired) electrons. The largest absolute Gasteiger partial charge is 0.462 e. The number of unbranched alkanes of at least 4 members (excludes halogenated alkanes) is 21. The fourth-order valence-corrected chi connectivity index (χ4v) is 6.09. The van der Waals surface area contributed by atoms with E-state index in [2.05, 4.69) is 69.4 Å². The molecule has 54 heavy (non-hydrogen) atoms. The highest BCUT2D eigenvalue weighted by Crippen LogP contribution is 2.13. The first-order valence-electron chi connectivity index (χ1n) is 22.6. The Hall–Kier alpha value is -2.63. The maximum absolute atomic E-state index is 12.6. The van der Waals surface area contributed by atoms with Gasteiger partial charge in [0.1, 0.15) is 13.2 Å². The van der Waals surface area contributed by atoms with Crippen LogP contribution in [0.1, 0.15) is 220 Å². The van der Waals surface area contributed by atoms with Gasteiger partial charge in [-0.1, -0.05) is 166 Å². The molecule has 6 heteroatoms. The van der Waals surface area contributed by atoms with Crippen LogP contribution in [0.3, 0.4) is 0 Å². The van der Waals surface area contributed by atoms with Gasteiger partial charge in [-0.15, -0.1) is 0 Å². The van der Waals surface area contributed by atoms with Crippen LogP contribution in [0.4, 0.5) is 0 Å². The molecule has 0 heterocycles. The van der Waals surface area contributed by atoms with Crippen molar-refractivity contribution in [3.05, 3.63) is 48.6 Å². The Kier molecular flexibility index (Phi) is 41.0. The number of carbonyl (C=O) groups is 3. The molecule has 0 atom stereocenters. The second kappa shape index (κ2) is 43.1. The first-order valence-corrected chi connectivity index (χ1v) is 22.6. The van der Waals surface area contributed by atoms with Crippen molar-refractivity contribution in [1.29, 1.82) is 0 Å². The maximum Gasteiger partial charge on any atom is 0.306 e. The van der Waals surface area contributed by atoms with E-state index in [-0.39, 0.29) is 31.1 Å². The lowest BCUT2D eigenvalue weighted by Crippen LogP contribution is -2.30. The Morgan fingerprint density at radius 2 is 0.667 bits per heavy atom. The third-order valence-corrected chi connectivity index (χ3v) is 9.56. The molecule has 0 N–H and O–H groups in total. The highest BCUT2D eigenvalue weighted by molar-refractivity contribution is 5.71. The third kappa shape index (κ3) is 40.6. The van der Waals surface area contributed by atoms with Gasteiger partial charge in [0.25, 0.3) is 0 Å². The number of hydrogen-bond donors (Lipinski definition) is 0. The van der Waals surface area contributed by atoms with E-state index in [1.54, 1.807) is 0 Å². The van der Waals surface area contributed by atoms with Crippen LogP contribution in [0, 0.1) is 0 Å². The highest BCUT2D eigenvalue weighted by Gasteiger charge is 2.19. The van der Waals surface area contributed by atoms with Gasteiger partial charge in [-0.2, -0.15) is 0 Å². The van der Waals surface area contributed by atoms with E-state index in [0.29, 0.717) is 19.3 Å². The molecule has 0 aromatic carbocycles. The lowest BCUT2D eigenvalue weighted by molar-refractivity contribution is -0.167. The Labute approximate surface area is 333 Å². The average molecular weight is 757 g/mol. The van der Waals surface area contributed by atoms with Gasteiger partial charge in [-0.05, 0) is 83.5 Å². The quantitative estimate of drug-likeness (QED) is 0.0268. The summed E-state index contributed by atoms with van der Waals surface area (Å²) in [5.74, 6) is -0.923. The number of allylic oxidation sites excluding steroid dienone is 8. The first-order chi connectivity index (χ1) is 26.5. The summed E-state index contributed by atoms with van der Waals surface area (Å²) >= 11 is 0. The number of carbonyl (C=O) groups excluding carboxylic acids is 3. The standard InChI is InChI=1S/C48H84O6/c1-4-7-10-13-16-18-20-22-24-26-28-30-32-35-37-40-46(49)52-43-45(54-48(51)42-39-34-15-12-9-6-3)44-53-47(50)41-38-36-33-31-29-27-25-23-21-19-17-14-11-8-5-2/h16-19,22-25,45H,4-15,20-21,26-44H2,1-3H3. The van der Waals surface area contributed by atoms with Gasteiger partial charge in [0, 0.05) is 19.3 Å². The molecule has 0 rings (SSSR count). The SMILES string of the molecule is CCCCCC=CCC=CCCCCCCCC(=O)OCC(COC(=O)CCCCCCCC=CCC=CCCCCC)OC(=O)CCCCCCCC. The maximum atomic E-state index is 12.6. The van der Waals surface area contributed by atoms with Crippen molar-refractivity contribution in [2.75, 3.05) is 13.2 Å². The number of ether oxygens (including phenoxy) is 3. The van der Waals surface area contributed by atoms with E-state index in [0.717, 1.165) is 96.3 Å². The van der Waals surface area contributed by atoms with Crippen LogP contribution in [-0.4, -0.2) is 37.2 Å². The molecule has 0 fully saturated rings. The zero-order chi connectivity index (χ0) is 39.4. The lowest BCUT2D eigenvalue weighted by atomic mass is 10.1. The third-order valence-electron chi connectivity index (χ3n) is 9.56. The molecule has 312 valence electrons. The Morgan fingerprint density at radius 1 is 0.370 bits per heavy atom. The zero-order valence-corrected chi connectivity index (χ0v) is 35.5. The van der Waals surface area contributed by atoms with Crippen molar-refractivity contribution < 1.29 is 28.6 Å². The summed E-state index contributed by atoms with van der Waals surface area (Å²) in [6.45, 7) is 6.49. The number of hydrogen-bond acceptors (Lipinski definition) is 6. The average Bonchev–Trinajstić information content (AvgIpc) is 3.17. The van der Waals surface area contributed by atoms with E-state index in [1.165, 1.54) is 83.5 Å². The molecule has 0 saturated heterocycles.